The number of hydrogen-bond acceptors (Lipinski definition) is 3. The molecule has 0 bridgehead atoms. The monoisotopic (exact) mass is 248 g/mol. The van der Waals surface area contributed by atoms with Gasteiger partial charge in [0.15, 0.2) is 0 Å². The van der Waals surface area contributed by atoms with Gasteiger partial charge >= 0.3 is 0 Å². The summed E-state index contributed by atoms with van der Waals surface area (Å²) >= 11 is 0. The summed E-state index contributed by atoms with van der Waals surface area (Å²) in [6.07, 6.45) is 8.21. The highest BCUT2D eigenvalue weighted by molar-refractivity contribution is 5.40. The molecule has 0 unspecified atom stereocenters. The molecule has 100 valence electrons. The predicted octanol–water partition coefficient (Wildman–Crippen LogP) is 3.15. The average Bonchev–Trinajstić information content (AvgIpc) is 2.40. The zero-order valence-corrected chi connectivity index (χ0v) is 11.5. The lowest BCUT2D eigenvalue weighted by molar-refractivity contribution is 0.199. The van der Waals surface area contributed by atoms with Crippen molar-refractivity contribution >= 4 is 5.82 Å². The smallest absolute Gasteiger partial charge is 0.128 e. The van der Waals surface area contributed by atoms with Gasteiger partial charge in [0, 0.05) is 19.8 Å². The summed E-state index contributed by atoms with van der Waals surface area (Å²) in [7, 11) is 2.10. The minimum absolute atomic E-state index is 0.421. The van der Waals surface area contributed by atoms with Gasteiger partial charge in [-0.25, -0.2) is 4.98 Å². The largest absolute Gasteiger partial charge is 0.389 e. The number of rotatable bonds is 4. The molecule has 2 rings (SSSR count). The fraction of sp³-hybridized carbons (Fsp3) is 0.667. The molecule has 0 aliphatic heterocycles. The summed E-state index contributed by atoms with van der Waals surface area (Å²) in [6.45, 7) is 2.87. The minimum atomic E-state index is -0.421. The summed E-state index contributed by atoms with van der Waals surface area (Å²) in [4.78, 5) is 6.63. The molecule has 0 radical (unpaired) electrons. The Morgan fingerprint density at radius 2 is 2.11 bits per heavy atom. The summed E-state index contributed by atoms with van der Waals surface area (Å²) in [5.74, 6) is 1.78. The predicted molar refractivity (Wildman–Crippen MR) is 74.7 cm³/mol. The molecular weight excluding hydrogens is 224 g/mol. The van der Waals surface area contributed by atoms with Gasteiger partial charge in [-0.2, -0.15) is 0 Å². The van der Waals surface area contributed by atoms with E-state index >= 15 is 0 Å². The Labute approximate surface area is 110 Å². The normalized spacial score (nSPS) is 18.6. The zero-order valence-electron chi connectivity index (χ0n) is 11.5. The van der Waals surface area contributed by atoms with Crippen molar-refractivity contribution in [2.24, 2.45) is 5.92 Å². The first-order valence-corrected chi connectivity index (χ1v) is 7.02. The van der Waals surface area contributed by atoms with E-state index in [9.17, 15) is 5.11 Å². The zero-order chi connectivity index (χ0) is 13.0. The Hall–Kier alpha value is -1.09. The summed E-state index contributed by atoms with van der Waals surface area (Å²) in [5, 5.41) is 9.61. The van der Waals surface area contributed by atoms with Crippen molar-refractivity contribution in [2.45, 2.75) is 45.1 Å². The summed E-state index contributed by atoms with van der Waals surface area (Å²) < 4.78 is 0. The van der Waals surface area contributed by atoms with Gasteiger partial charge in [0.2, 0.25) is 0 Å². The molecule has 3 nitrogen and oxygen atoms in total. The molecule has 1 saturated carbocycles. The van der Waals surface area contributed by atoms with Crippen molar-refractivity contribution < 1.29 is 5.11 Å². The number of aliphatic hydroxyl groups is 1. The Morgan fingerprint density at radius 3 is 2.78 bits per heavy atom. The van der Waals surface area contributed by atoms with Gasteiger partial charge in [-0.15, -0.1) is 0 Å². The number of aliphatic hydroxyl groups excluding tert-OH is 1. The molecule has 1 fully saturated rings. The van der Waals surface area contributed by atoms with Crippen LogP contribution in [0, 0.1) is 5.92 Å². The number of nitrogens with zero attached hydrogens (tertiary/aromatic N) is 2. The number of pyridine rings is 1. The van der Waals surface area contributed by atoms with Gasteiger partial charge in [-0.05, 0) is 43.4 Å². The second-order valence-electron chi connectivity index (χ2n) is 5.51. The highest BCUT2D eigenvalue weighted by Gasteiger charge is 2.16. The minimum Gasteiger partial charge on any atom is -0.389 e. The second-order valence-corrected chi connectivity index (χ2v) is 5.51. The maximum absolute atomic E-state index is 9.61. The van der Waals surface area contributed by atoms with Crippen LogP contribution in [0.15, 0.2) is 18.3 Å². The van der Waals surface area contributed by atoms with Gasteiger partial charge in [-0.1, -0.05) is 19.3 Å². The third kappa shape index (κ3) is 3.45. The van der Waals surface area contributed by atoms with Gasteiger partial charge in [0.1, 0.15) is 5.82 Å². The molecule has 1 atom stereocenters. The fourth-order valence-electron chi connectivity index (χ4n) is 2.75. The average molecular weight is 248 g/mol. The van der Waals surface area contributed by atoms with Crippen LogP contribution >= 0.6 is 0 Å². The molecule has 0 amide bonds. The van der Waals surface area contributed by atoms with Crippen LogP contribution < -0.4 is 4.90 Å². The molecule has 0 spiro atoms. The Balaban J connectivity index is 1.99. The van der Waals surface area contributed by atoms with Crippen molar-refractivity contribution in [2.75, 3.05) is 18.5 Å². The lowest BCUT2D eigenvalue weighted by Gasteiger charge is -2.28. The standard InChI is InChI=1S/C15H24N2O/c1-12(18)14-8-9-16-15(10-14)17(2)11-13-6-4-3-5-7-13/h8-10,12-13,18H,3-7,11H2,1-2H3/t12-/m0/s1. The van der Waals surface area contributed by atoms with Gasteiger partial charge in [0.25, 0.3) is 0 Å². The molecular formula is C15H24N2O. The number of anilines is 1. The van der Waals surface area contributed by atoms with E-state index in [1.54, 1.807) is 13.1 Å². The fourth-order valence-corrected chi connectivity index (χ4v) is 2.75. The van der Waals surface area contributed by atoms with Crippen LogP contribution in [0.5, 0.6) is 0 Å². The van der Waals surface area contributed by atoms with E-state index in [2.05, 4.69) is 16.9 Å². The van der Waals surface area contributed by atoms with Crippen molar-refractivity contribution in [1.82, 2.24) is 4.98 Å². The first kappa shape index (κ1) is 13.3. The summed E-state index contributed by atoms with van der Waals surface area (Å²) in [6, 6.07) is 3.87. The molecule has 1 heterocycles. The van der Waals surface area contributed by atoms with E-state index in [1.165, 1.54) is 32.1 Å². The molecule has 0 saturated heterocycles. The third-order valence-corrected chi connectivity index (χ3v) is 3.90. The van der Waals surface area contributed by atoms with E-state index in [0.29, 0.717) is 0 Å². The van der Waals surface area contributed by atoms with Gasteiger partial charge < -0.3 is 10.0 Å². The lowest BCUT2D eigenvalue weighted by atomic mass is 9.89. The first-order valence-electron chi connectivity index (χ1n) is 7.02. The molecule has 1 aromatic heterocycles. The van der Waals surface area contributed by atoms with E-state index in [1.807, 2.05) is 12.1 Å². The molecule has 1 aliphatic rings. The molecule has 0 aromatic carbocycles. The highest BCUT2D eigenvalue weighted by Crippen LogP contribution is 2.26. The SMILES string of the molecule is C[C@H](O)c1ccnc(N(C)CC2CCCCC2)c1. The van der Waals surface area contributed by atoms with E-state index < -0.39 is 6.10 Å². The molecule has 18 heavy (non-hydrogen) atoms. The van der Waals surface area contributed by atoms with E-state index in [0.717, 1.165) is 23.8 Å². The molecule has 1 aliphatic carbocycles. The maximum Gasteiger partial charge on any atom is 0.128 e. The Kier molecular flexibility index (Phi) is 4.59. The van der Waals surface area contributed by atoms with Gasteiger partial charge in [-0.3, -0.25) is 0 Å². The van der Waals surface area contributed by atoms with Crippen LogP contribution in [0.2, 0.25) is 0 Å². The molecule has 3 heteroatoms. The quantitative estimate of drug-likeness (QED) is 0.889. The van der Waals surface area contributed by atoms with Crippen molar-refractivity contribution in [3.05, 3.63) is 23.9 Å². The van der Waals surface area contributed by atoms with Crippen molar-refractivity contribution in [1.29, 1.82) is 0 Å². The van der Waals surface area contributed by atoms with Crippen molar-refractivity contribution in [3.63, 3.8) is 0 Å². The second kappa shape index (κ2) is 6.19. The highest BCUT2D eigenvalue weighted by atomic mass is 16.3. The summed E-state index contributed by atoms with van der Waals surface area (Å²) in [5.41, 5.74) is 0.940. The first-order chi connectivity index (χ1) is 8.66. The van der Waals surface area contributed by atoms with Crippen LogP contribution in [-0.2, 0) is 0 Å². The van der Waals surface area contributed by atoms with Crippen LogP contribution in [0.4, 0.5) is 5.82 Å². The van der Waals surface area contributed by atoms with Crippen LogP contribution in [0.3, 0.4) is 0 Å². The van der Waals surface area contributed by atoms with Crippen LogP contribution in [0.1, 0.15) is 50.7 Å². The Bertz CT molecular complexity index is 373. The van der Waals surface area contributed by atoms with Crippen LogP contribution in [-0.4, -0.2) is 23.7 Å². The lowest BCUT2D eigenvalue weighted by Crippen LogP contribution is -2.27. The number of aromatic nitrogens is 1. The molecule has 1 N–H and O–H groups in total. The van der Waals surface area contributed by atoms with E-state index in [-0.39, 0.29) is 0 Å². The maximum atomic E-state index is 9.61. The number of hydrogen-bond donors (Lipinski definition) is 1. The molecule has 1 aromatic rings. The topological polar surface area (TPSA) is 36.4 Å². The van der Waals surface area contributed by atoms with Crippen LogP contribution in [0.25, 0.3) is 0 Å². The van der Waals surface area contributed by atoms with E-state index in [4.69, 9.17) is 0 Å². The Morgan fingerprint density at radius 1 is 1.39 bits per heavy atom. The van der Waals surface area contributed by atoms with Gasteiger partial charge in [0.05, 0.1) is 6.10 Å². The third-order valence-electron chi connectivity index (χ3n) is 3.90. The van der Waals surface area contributed by atoms with Crippen molar-refractivity contribution in [3.8, 4) is 0 Å².